The number of likely N-dealkylation sites (tertiary alicyclic amines) is 1. The average Bonchev–Trinajstić information content (AvgIpc) is 2.79. The maximum atomic E-state index is 13.5. The Hall–Kier alpha value is -1.89. The van der Waals surface area contributed by atoms with E-state index in [0.29, 0.717) is 6.04 Å². The van der Waals surface area contributed by atoms with Gasteiger partial charge in [0.25, 0.3) is 0 Å². The molecule has 2 saturated heterocycles. The molecule has 0 aliphatic carbocycles. The minimum absolute atomic E-state index is 0.149. The fraction of sp³-hybridized carbons (Fsp3) is 0.458. The van der Waals surface area contributed by atoms with Crippen LogP contribution in [-0.4, -0.2) is 73.0 Å². The lowest BCUT2D eigenvalue weighted by molar-refractivity contribution is -0.133. The number of likely N-dealkylation sites (N-methyl/N-ethyl adjacent to an activating group) is 1. The molecule has 6 heteroatoms. The van der Waals surface area contributed by atoms with Gasteiger partial charge in [-0.1, -0.05) is 30.3 Å². The number of piperidine rings is 1. The van der Waals surface area contributed by atoms with Crippen LogP contribution < -0.4 is 0 Å². The lowest BCUT2D eigenvalue weighted by atomic mass is 10.0. The number of thioether (sulfide) groups is 1. The lowest BCUT2D eigenvalue weighted by Gasteiger charge is -2.43. The molecule has 1 amide bonds. The molecule has 4 rings (SSSR count). The highest BCUT2D eigenvalue weighted by molar-refractivity contribution is 8.00. The summed E-state index contributed by atoms with van der Waals surface area (Å²) in [6.07, 6.45) is 2.51. The van der Waals surface area contributed by atoms with E-state index in [4.69, 9.17) is 0 Å². The van der Waals surface area contributed by atoms with E-state index < -0.39 is 0 Å². The van der Waals surface area contributed by atoms with E-state index in [9.17, 15) is 9.18 Å². The summed E-state index contributed by atoms with van der Waals surface area (Å²) in [5.74, 6) is -0.109. The molecule has 160 valence electrons. The van der Waals surface area contributed by atoms with Crippen molar-refractivity contribution in [3.63, 3.8) is 0 Å². The predicted molar refractivity (Wildman–Crippen MR) is 120 cm³/mol. The van der Waals surface area contributed by atoms with E-state index in [1.807, 2.05) is 35.2 Å². The molecule has 2 heterocycles. The molecule has 4 nitrogen and oxygen atoms in total. The SMILES string of the molecule is CN1CCCC(N2CCN(C(=O)C(Sc3ccc(F)cc3)c3ccccc3)CC2)C1. The second-order valence-corrected chi connectivity index (χ2v) is 9.46. The number of hydrogen-bond donors (Lipinski definition) is 0. The van der Waals surface area contributed by atoms with Crippen LogP contribution in [0.3, 0.4) is 0 Å². The predicted octanol–water partition coefficient (Wildman–Crippen LogP) is 3.90. The topological polar surface area (TPSA) is 26.8 Å². The molecule has 0 N–H and O–H groups in total. The third-order valence-electron chi connectivity index (χ3n) is 6.14. The Kier molecular flexibility index (Phi) is 7.08. The van der Waals surface area contributed by atoms with Crippen LogP contribution in [0.25, 0.3) is 0 Å². The average molecular weight is 428 g/mol. The first kappa shape index (κ1) is 21.3. The van der Waals surface area contributed by atoms with Crippen molar-refractivity contribution >= 4 is 17.7 Å². The Labute approximate surface area is 183 Å². The summed E-state index contributed by atoms with van der Waals surface area (Å²) in [6.45, 7) is 5.73. The quantitative estimate of drug-likeness (QED) is 0.677. The van der Waals surface area contributed by atoms with Gasteiger partial charge in [0.1, 0.15) is 11.1 Å². The zero-order chi connectivity index (χ0) is 20.9. The first-order valence-electron chi connectivity index (χ1n) is 10.8. The molecule has 2 fully saturated rings. The summed E-state index contributed by atoms with van der Waals surface area (Å²) in [4.78, 5) is 21.4. The molecule has 2 aromatic carbocycles. The number of benzene rings is 2. The number of amides is 1. The fourth-order valence-corrected chi connectivity index (χ4v) is 5.56. The first-order valence-corrected chi connectivity index (χ1v) is 11.7. The van der Waals surface area contributed by atoms with Crippen molar-refractivity contribution in [2.24, 2.45) is 0 Å². The minimum Gasteiger partial charge on any atom is -0.339 e. The highest BCUT2D eigenvalue weighted by Gasteiger charge is 2.32. The number of carbonyl (C=O) groups is 1. The highest BCUT2D eigenvalue weighted by atomic mass is 32.2. The van der Waals surface area contributed by atoms with Gasteiger partial charge in [0.05, 0.1) is 0 Å². The van der Waals surface area contributed by atoms with Gasteiger partial charge < -0.3 is 9.80 Å². The van der Waals surface area contributed by atoms with Crippen molar-refractivity contribution in [2.75, 3.05) is 46.3 Å². The van der Waals surface area contributed by atoms with Crippen LogP contribution in [0.2, 0.25) is 0 Å². The van der Waals surface area contributed by atoms with Gasteiger partial charge in [-0.25, -0.2) is 4.39 Å². The van der Waals surface area contributed by atoms with E-state index in [0.717, 1.165) is 43.2 Å². The van der Waals surface area contributed by atoms with E-state index in [1.165, 1.54) is 43.3 Å². The van der Waals surface area contributed by atoms with Crippen molar-refractivity contribution in [3.8, 4) is 0 Å². The van der Waals surface area contributed by atoms with Gasteiger partial charge in [-0.05, 0) is 56.3 Å². The fourth-order valence-electron chi connectivity index (χ4n) is 4.45. The Morgan fingerprint density at radius 2 is 1.70 bits per heavy atom. The van der Waals surface area contributed by atoms with E-state index in [-0.39, 0.29) is 17.0 Å². The zero-order valence-electron chi connectivity index (χ0n) is 17.5. The second-order valence-electron chi connectivity index (χ2n) is 8.28. The van der Waals surface area contributed by atoms with E-state index in [2.05, 4.69) is 16.8 Å². The Morgan fingerprint density at radius 1 is 1.00 bits per heavy atom. The molecule has 0 radical (unpaired) electrons. The van der Waals surface area contributed by atoms with Crippen LogP contribution in [0.1, 0.15) is 23.7 Å². The Morgan fingerprint density at radius 3 is 2.37 bits per heavy atom. The molecule has 2 atom stereocenters. The van der Waals surface area contributed by atoms with Gasteiger partial charge >= 0.3 is 0 Å². The summed E-state index contributed by atoms with van der Waals surface area (Å²) >= 11 is 1.50. The molecule has 0 bridgehead atoms. The van der Waals surface area contributed by atoms with Gasteiger partial charge in [-0.15, -0.1) is 11.8 Å². The molecule has 30 heavy (non-hydrogen) atoms. The minimum atomic E-state index is -0.316. The number of piperazine rings is 1. The number of nitrogens with zero attached hydrogens (tertiary/aromatic N) is 3. The zero-order valence-corrected chi connectivity index (χ0v) is 18.4. The van der Waals surface area contributed by atoms with Gasteiger partial charge in [0.15, 0.2) is 0 Å². The van der Waals surface area contributed by atoms with Crippen molar-refractivity contribution in [1.82, 2.24) is 14.7 Å². The van der Waals surface area contributed by atoms with Crippen molar-refractivity contribution in [3.05, 3.63) is 66.0 Å². The lowest BCUT2D eigenvalue weighted by Crippen LogP contribution is -2.55. The standard InChI is InChI=1S/C24H30FN3OS/c1-26-13-5-8-21(18-26)27-14-16-28(17-15-27)24(29)23(19-6-3-2-4-7-19)30-22-11-9-20(25)10-12-22/h2-4,6-7,9-12,21,23H,5,8,13-18H2,1H3. The monoisotopic (exact) mass is 427 g/mol. The Balaban J connectivity index is 1.43. The van der Waals surface area contributed by atoms with Crippen LogP contribution in [0.4, 0.5) is 4.39 Å². The third kappa shape index (κ3) is 5.23. The molecule has 2 aliphatic rings. The molecule has 0 aromatic heterocycles. The van der Waals surface area contributed by atoms with Crippen molar-refractivity contribution in [1.29, 1.82) is 0 Å². The first-order chi connectivity index (χ1) is 14.6. The normalized spacial score (nSPS) is 22.1. The molecule has 2 unspecified atom stereocenters. The maximum Gasteiger partial charge on any atom is 0.240 e. The highest BCUT2D eigenvalue weighted by Crippen LogP contribution is 2.37. The summed E-state index contributed by atoms with van der Waals surface area (Å²) < 4.78 is 13.3. The van der Waals surface area contributed by atoms with Crippen LogP contribution in [-0.2, 0) is 4.79 Å². The van der Waals surface area contributed by atoms with Gasteiger partial charge in [0.2, 0.25) is 5.91 Å². The summed E-state index contributed by atoms with van der Waals surface area (Å²) in [5, 5.41) is -0.316. The molecule has 0 saturated carbocycles. The summed E-state index contributed by atoms with van der Waals surface area (Å²) in [6, 6.07) is 16.9. The summed E-state index contributed by atoms with van der Waals surface area (Å²) in [7, 11) is 2.20. The van der Waals surface area contributed by atoms with Crippen LogP contribution in [0.5, 0.6) is 0 Å². The number of carbonyl (C=O) groups excluding carboxylic acids is 1. The largest absolute Gasteiger partial charge is 0.339 e. The van der Waals surface area contributed by atoms with Gasteiger partial charge in [0, 0.05) is 43.7 Å². The Bertz CT molecular complexity index is 824. The number of rotatable bonds is 5. The number of halogens is 1. The third-order valence-corrected chi connectivity index (χ3v) is 7.39. The van der Waals surface area contributed by atoms with Crippen molar-refractivity contribution in [2.45, 2.75) is 29.0 Å². The van der Waals surface area contributed by atoms with Crippen LogP contribution in [0, 0.1) is 5.82 Å². The molecule has 0 spiro atoms. The second kappa shape index (κ2) is 9.94. The van der Waals surface area contributed by atoms with Crippen LogP contribution in [0.15, 0.2) is 59.5 Å². The van der Waals surface area contributed by atoms with Crippen LogP contribution >= 0.6 is 11.8 Å². The molecule has 2 aromatic rings. The number of hydrogen-bond acceptors (Lipinski definition) is 4. The molecular weight excluding hydrogens is 397 g/mol. The molecular formula is C24H30FN3OS. The summed E-state index contributed by atoms with van der Waals surface area (Å²) in [5.41, 5.74) is 0.994. The van der Waals surface area contributed by atoms with E-state index >= 15 is 0 Å². The van der Waals surface area contributed by atoms with Crippen molar-refractivity contribution < 1.29 is 9.18 Å². The maximum absolute atomic E-state index is 13.5. The smallest absolute Gasteiger partial charge is 0.240 e. The van der Waals surface area contributed by atoms with E-state index in [1.54, 1.807) is 12.1 Å². The van der Waals surface area contributed by atoms with Gasteiger partial charge in [-0.2, -0.15) is 0 Å². The molecule has 2 aliphatic heterocycles. The van der Waals surface area contributed by atoms with Gasteiger partial charge in [-0.3, -0.25) is 9.69 Å².